The number of carbonyl (C=O) groups is 1. The quantitative estimate of drug-likeness (QED) is 0.493. The molecular formula is C25H35N3O5S. The number of amides is 1. The van der Waals surface area contributed by atoms with Gasteiger partial charge in [-0.05, 0) is 48.7 Å². The number of ether oxygens (including phenoxy) is 2. The lowest BCUT2D eigenvalue weighted by molar-refractivity contribution is -0.121. The van der Waals surface area contributed by atoms with E-state index in [1.54, 1.807) is 24.3 Å². The molecule has 8 nitrogen and oxygen atoms in total. The third kappa shape index (κ3) is 8.30. The monoisotopic (exact) mass is 489 g/mol. The standard InChI is InChI=1S/C25H35N3O5S/c1-3-33-24-12-10-23(11-13-24)28(34(2,30)31)14-4-5-25(29)26-19-21-6-8-22(9-7-21)20-27-15-17-32-18-16-27/h6-13H,3-5,14-20H2,1-2H3,(H,26,29). The van der Waals surface area contributed by atoms with Gasteiger partial charge in [-0.25, -0.2) is 8.42 Å². The molecule has 34 heavy (non-hydrogen) atoms. The van der Waals surface area contributed by atoms with E-state index in [1.807, 2.05) is 19.1 Å². The molecule has 0 unspecified atom stereocenters. The van der Waals surface area contributed by atoms with Crippen molar-refractivity contribution in [2.45, 2.75) is 32.9 Å². The van der Waals surface area contributed by atoms with Crippen molar-refractivity contribution in [3.05, 3.63) is 59.7 Å². The first-order valence-electron chi connectivity index (χ1n) is 11.7. The molecule has 2 aromatic carbocycles. The maximum atomic E-state index is 12.3. The van der Waals surface area contributed by atoms with E-state index < -0.39 is 10.0 Å². The van der Waals surface area contributed by atoms with Crippen LogP contribution in [0.3, 0.4) is 0 Å². The van der Waals surface area contributed by atoms with Gasteiger partial charge in [-0.2, -0.15) is 0 Å². The average Bonchev–Trinajstić information content (AvgIpc) is 2.82. The van der Waals surface area contributed by atoms with E-state index in [9.17, 15) is 13.2 Å². The molecule has 1 fully saturated rings. The topological polar surface area (TPSA) is 88.2 Å². The number of hydrogen-bond donors (Lipinski definition) is 1. The SMILES string of the molecule is CCOc1ccc(N(CCCC(=O)NCc2ccc(CN3CCOCC3)cc2)S(C)(=O)=O)cc1. The summed E-state index contributed by atoms with van der Waals surface area (Å²) in [4.78, 5) is 14.7. The van der Waals surface area contributed by atoms with Crippen molar-refractivity contribution in [2.24, 2.45) is 0 Å². The van der Waals surface area contributed by atoms with Crippen molar-refractivity contribution >= 4 is 21.6 Å². The van der Waals surface area contributed by atoms with E-state index in [0.29, 0.717) is 31.0 Å². The summed E-state index contributed by atoms with van der Waals surface area (Å²) in [6, 6.07) is 15.2. The first kappa shape index (κ1) is 26.0. The molecule has 0 spiro atoms. The van der Waals surface area contributed by atoms with Gasteiger partial charge >= 0.3 is 0 Å². The van der Waals surface area contributed by atoms with Gasteiger partial charge in [0.2, 0.25) is 15.9 Å². The van der Waals surface area contributed by atoms with Gasteiger partial charge in [0.1, 0.15) is 5.75 Å². The molecule has 1 aliphatic heterocycles. The Kier molecular flexibility index (Phi) is 9.74. The normalized spacial score (nSPS) is 14.5. The first-order valence-corrected chi connectivity index (χ1v) is 13.5. The van der Waals surface area contributed by atoms with E-state index in [0.717, 1.165) is 38.4 Å². The summed E-state index contributed by atoms with van der Waals surface area (Å²) in [6.07, 6.45) is 1.84. The lowest BCUT2D eigenvalue weighted by atomic mass is 10.1. The van der Waals surface area contributed by atoms with Crippen LogP contribution in [0.4, 0.5) is 5.69 Å². The highest BCUT2D eigenvalue weighted by Crippen LogP contribution is 2.22. The highest BCUT2D eigenvalue weighted by atomic mass is 32.2. The molecule has 186 valence electrons. The second-order valence-corrected chi connectivity index (χ2v) is 10.3. The van der Waals surface area contributed by atoms with Crippen molar-refractivity contribution < 1.29 is 22.7 Å². The van der Waals surface area contributed by atoms with Gasteiger partial charge in [-0.1, -0.05) is 24.3 Å². The molecule has 1 aliphatic rings. The summed E-state index contributed by atoms with van der Waals surface area (Å²) in [6.45, 7) is 7.49. The van der Waals surface area contributed by atoms with E-state index in [2.05, 4.69) is 22.3 Å². The van der Waals surface area contributed by atoms with Gasteiger partial charge in [0.05, 0.1) is 31.8 Å². The Labute approximate surface area is 202 Å². The van der Waals surface area contributed by atoms with Crippen molar-refractivity contribution in [1.29, 1.82) is 0 Å². The van der Waals surface area contributed by atoms with Gasteiger partial charge in [-0.3, -0.25) is 14.0 Å². The minimum absolute atomic E-state index is 0.0995. The van der Waals surface area contributed by atoms with Crippen LogP contribution in [0, 0.1) is 0 Å². The van der Waals surface area contributed by atoms with Crippen molar-refractivity contribution in [1.82, 2.24) is 10.2 Å². The Bertz CT molecular complexity index is 1000. The number of morpholine rings is 1. The summed E-state index contributed by atoms with van der Waals surface area (Å²) in [5, 5.41) is 2.92. The first-order chi connectivity index (χ1) is 16.3. The van der Waals surface area contributed by atoms with Crippen molar-refractivity contribution in [3.8, 4) is 5.75 Å². The number of nitrogens with zero attached hydrogens (tertiary/aromatic N) is 2. The van der Waals surface area contributed by atoms with Crippen LogP contribution in [0.25, 0.3) is 0 Å². The lowest BCUT2D eigenvalue weighted by Crippen LogP contribution is -2.35. The van der Waals surface area contributed by atoms with Gasteiger partial charge in [0.25, 0.3) is 0 Å². The second-order valence-electron chi connectivity index (χ2n) is 8.35. The minimum atomic E-state index is -3.46. The molecule has 0 saturated carbocycles. The number of benzene rings is 2. The molecule has 3 rings (SSSR count). The third-order valence-electron chi connectivity index (χ3n) is 5.62. The molecule has 0 atom stereocenters. The van der Waals surface area contributed by atoms with E-state index >= 15 is 0 Å². The lowest BCUT2D eigenvalue weighted by Gasteiger charge is -2.26. The molecule has 9 heteroatoms. The molecule has 0 radical (unpaired) electrons. The zero-order valence-corrected chi connectivity index (χ0v) is 20.9. The maximum Gasteiger partial charge on any atom is 0.232 e. The average molecular weight is 490 g/mol. The molecule has 0 aliphatic carbocycles. The van der Waals surface area contributed by atoms with Crippen LogP contribution in [0.1, 0.15) is 30.9 Å². The molecule has 0 aromatic heterocycles. The number of sulfonamides is 1. The molecule has 0 bridgehead atoms. The number of rotatable bonds is 12. The Hall–Kier alpha value is -2.62. The Balaban J connectivity index is 1.43. The third-order valence-corrected chi connectivity index (χ3v) is 6.82. The predicted octanol–water partition coefficient (Wildman–Crippen LogP) is 2.78. The minimum Gasteiger partial charge on any atom is -0.494 e. The molecule has 2 aromatic rings. The van der Waals surface area contributed by atoms with Gasteiger partial charge in [0.15, 0.2) is 0 Å². The summed E-state index contributed by atoms with van der Waals surface area (Å²) >= 11 is 0. The van der Waals surface area contributed by atoms with Gasteiger partial charge in [0, 0.05) is 39.1 Å². The largest absolute Gasteiger partial charge is 0.494 e. The molecule has 1 heterocycles. The van der Waals surface area contributed by atoms with E-state index in [1.165, 1.54) is 16.1 Å². The highest BCUT2D eigenvalue weighted by Gasteiger charge is 2.18. The van der Waals surface area contributed by atoms with Crippen LogP contribution in [0.15, 0.2) is 48.5 Å². The van der Waals surface area contributed by atoms with Crippen LogP contribution in [-0.2, 0) is 32.6 Å². The molecule has 1 saturated heterocycles. The highest BCUT2D eigenvalue weighted by molar-refractivity contribution is 7.92. The Morgan fingerprint density at radius 3 is 2.32 bits per heavy atom. The molecular weight excluding hydrogens is 454 g/mol. The van der Waals surface area contributed by atoms with Crippen LogP contribution >= 0.6 is 0 Å². The van der Waals surface area contributed by atoms with Crippen molar-refractivity contribution in [3.63, 3.8) is 0 Å². The van der Waals surface area contributed by atoms with E-state index in [4.69, 9.17) is 9.47 Å². The summed E-state index contributed by atoms with van der Waals surface area (Å²) in [5.41, 5.74) is 2.84. The maximum absolute atomic E-state index is 12.3. The van der Waals surface area contributed by atoms with E-state index in [-0.39, 0.29) is 18.9 Å². The summed E-state index contributed by atoms with van der Waals surface area (Å²) < 4.78 is 36.7. The molecule has 1 N–H and O–H groups in total. The molecule has 1 amide bonds. The number of hydrogen-bond acceptors (Lipinski definition) is 6. The smallest absolute Gasteiger partial charge is 0.232 e. The Morgan fingerprint density at radius 2 is 1.71 bits per heavy atom. The second kappa shape index (κ2) is 12.7. The van der Waals surface area contributed by atoms with Crippen LogP contribution < -0.4 is 14.4 Å². The van der Waals surface area contributed by atoms with Gasteiger partial charge in [-0.15, -0.1) is 0 Å². The Morgan fingerprint density at radius 1 is 1.06 bits per heavy atom. The van der Waals surface area contributed by atoms with Crippen LogP contribution in [0.2, 0.25) is 0 Å². The number of carbonyl (C=O) groups excluding carboxylic acids is 1. The van der Waals surface area contributed by atoms with Gasteiger partial charge < -0.3 is 14.8 Å². The van der Waals surface area contributed by atoms with Crippen LogP contribution in [0.5, 0.6) is 5.75 Å². The summed E-state index contributed by atoms with van der Waals surface area (Å²) in [7, 11) is -3.46. The van der Waals surface area contributed by atoms with Crippen molar-refractivity contribution in [2.75, 3.05) is 50.0 Å². The fourth-order valence-electron chi connectivity index (χ4n) is 3.81. The fourth-order valence-corrected chi connectivity index (χ4v) is 4.78. The van der Waals surface area contributed by atoms with Crippen LogP contribution in [-0.4, -0.2) is 64.9 Å². The number of anilines is 1. The number of nitrogens with one attached hydrogen (secondary N) is 1. The fraction of sp³-hybridized carbons (Fsp3) is 0.480. The predicted molar refractivity (Wildman–Crippen MR) is 133 cm³/mol. The zero-order valence-electron chi connectivity index (χ0n) is 20.0. The zero-order chi connectivity index (χ0) is 24.4. The summed E-state index contributed by atoms with van der Waals surface area (Å²) in [5.74, 6) is 0.589.